The number of halogens is 1. The number of amides is 2. The van der Waals surface area contributed by atoms with Crippen molar-refractivity contribution >= 4 is 23.4 Å². The number of carbonyl (C=O) groups excluding carboxylic acids is 2. The molecule has 3 rings (SSSR count). The van der Waals surface area contributed by atoms with E-state index in [0.717, 1.165) is 11.3 Å². The number of carbonyl (C=O) groups is 2. The summed E-state index contributed by atoms with van der Waals surface area (Å²) in [6.45, 7) is 4.11. The van der Waals surface area contributed by atoms with Gasteiger partial charge in [-0.05, 0) is 42.3 Å². The summed E-state index contributed by atoms with van der Waals surface area (Å²) in [4.78, 5) is 25.1. The van der Waals surface area contributed by atoms with Crippen LogP contribution in [0.3, 0.4) is 0 Å². The molecule has 0 spiro atoms. The topological polar surface area (TPSA) is 76.0 Å². The van der Waals surface area contributed by atoms with Gasteiger partial charge in [0.25, 0.3) is 5.91 Å². The monoisotopic (exact) mass is 410 g/mol. The quantitative estimate of drug-likeness (QED) is 0.624. The number of hydrogen-bond donors (Lipinski definition) is 2. The molecule has 2 N–H and O–H groups in total. The maximum atomic E-state index is 12.7. The Morgan fingerprint density at radius 1 is 1.07 bits per heavy atom. The SMILES string of the molecule is CC(C)C(NC(=O)c1ccccc1)C(=O)NCc1cnn(-c2ccc(Cl)cc2)c1. The molecule has 1 aromatic heterocycles. The van der Waals surface area contributed by atoms with Crippen LogP contribution in [-0.4, -0.2) is 27.6 Å². The van der Waals surface area contributed by atoms with E-state index in [0.29, 0.717) is 17.1 Å². The predicted molar refractivity (Wildman–Crippen MR) is 113 cm³/mol. The van der Waals surface area contributed by atoms with E-state index >= 15 is 0 Å². The summed E-state index contributed by atoms with van der Waals surface area (Å²) >= 11 is 5.91. The molecule has 0 saturated heterocycles. The molecule has 0 aliphatic heterocycles. The Hall–Kier alpha value is -3.12. The van der Waals surface area contributed by atoms with Crippen molar-refractivity contribution < 1.29 is 9.59 Å². The van der Waals surface area contributed by atoms with E-state index in [2.05, 4.69) is 15.7 Å². The molecule has 6 nitrogen and oxygen atoms in total. The Labute approximate surface area is 174 Å². The molecule has 29 heavy (non-hydrogen) atoms. The van der Waals surface area contributed by atoms with E-state index in [9.17, 15) is 9.59 Å². The van der Waals surface area contributed by atoms with E-state index in [1.807, 2.05) is 38.2 Å². The van der Waals surface area contributed by atoms with Gasteiger partial charge in [-0.1, -0.05) is 43.6 Å². The standard InChI is InChI=1S/C22H23ClN4O2/c1-15(2)20(26-21(28)17-6-4-3-5-7-17)22(29)24-12-16-13-25-27(14-16)19-10-8-18(23)9-11-19/h3-11,13-15,20H,12H2,1-2H3,(H,24,29)(H,26,28). The first kappa shape index (κ1) is 20.6. The summed E-state index contributed by atoms with van der Waals surface area (Å²) in [5, 5.41) is 10.7. The van der Waals surface area contributed by atoms with Gasteiger partial charge in [-0.2, -0.15) is 5.10 Å². The zero-order valence-electron chi connectivity index (χ0n) is 16.3. The highest BCUT2D eigenvalue weighted by Gasteiger charge is 2.24. The van der Waals surface area contributed by atoms with Crippen molar-refractivity contribution in [1.82, 2.24) is 20.4 Å². The van der Waals surface area contributed by atoms with E-state index in [4.69, 9.17) is 11.6 Å². The Morgan fingerprint density at radius 3 is 2.41 bits per heavy atom. The van der Waals surface area contributed by atoms with Crippen molar-refractivity contribution in [3.05, 3.63) is 83.1 Å². The van der Waals surface area contributed by atoms with Gasteiger partial charge in [0, 0.05) is 28.9 Å². The fraction of sp³-hybridized carbons (Fsp3) is 0.227. The van der Waals surface area contributed by atoms with Crippen LogP contribution >= 0.6 is 11.6 Å². The molecule has 7 heteroatoms. The minimum atomic E-state index is -0.631. The van der Waals surface area contributed by atoms with Gasteiger partial charge in [0.15, 0.2) is 0 Å². The largest absolute Gasteiger partial charge is 0.350 e. The van der Waals surface area contributed by atoms with Crippen molar-refractivity contribution in [1.29, 1.82) is 0 Å². The summed E-state index contributed by atoms with van der Waals surface area (Å²) in [5.41, 5.74) is 2.25. The molecule has 2 amide bonds. The highest BCUT2D eigenvalue weighted by Crippen LogP contribution is 2.13. The second-order valence-electron chi connectivity index (χ2n) is 7.05. The molecular formula is C22H23ClN4O2. The van der Waals surface area contributed by atoms with Crippen LogP contribution in [0.5, 0.6) is 0 Å². The minimum absolute atomic E-state index is 0.0561. The zero-order valence-corrected chi connectivity index (χ0v) is 17.1. The van der Waals surface area contributed by atoms with Crippen LogP contribution in [0.4, 0.5) is 0 Å². The van der Waals surface area contributed by atoms with Crippen LogP contribution < -0.4 is 10.6 Å². The molecule has 150 valence electrons. The second-order valence-corrected chi connectivity index (χ2v) is 7.48. The van der Waals surface area contributed by atoms with Crippen LogP contribution in [0.2, 0.25) is 5.02 Å². The summed E-state index contributed by atoms with van der Waals surface area (Å²) in [7, 11) is 0. The van der Waals surface area contributed by atoms with Crippen LogP contribution in [-0.2, 0) is 11.3 Å². The molecule has 0 fully saturated rings. The number of nitrogens with one attached hydrogen (secondary N) is 2. The number of rotatable bonds is 7. The number of nitrogens with zero attached hydrogens (tertiary/aromatic N) is 2. The molecule has 1 heterocycles. The minimum Gasteiger partial charge on any atom is -0.350 e. The molecule has 2 aromatic carbocycles. The van der Waals surface area contributed by atoms with Gasteiger partial charge in [-0.15, -0.1) is 0 Å². The molecule has 0 bridgehead atoms. The van der Waals surface area contributed by atoms with Crippen molar-refractivity contribution in [2.75, 3.05) is 0 Å². The lowest BCUT2D eigenvalue weighted by molar-refractivity contribution is -0.124. The van der Waals surface area contributed by atoms with Gasteiger partial charge in [-0.25, -0.2) is 4.68 Å². The summed E-state index contributed by atoms with van der Waals surface area (Å²) in [6, 6.07) is 15.5. The Morgan fingerprint density at radius 2 is 1.76 bits per heavy atom. The first-order valence-corrected chi connectivity index (χ1v) is 9.75. The van der Waals surface area contributed by atoms with Crippen LogP contribution in [0, 0.1) is 5.92 Å². The Bertz CT molecular complexity index is 968. The first-order valence-electron chi connectivity index (χ1n) is 9.37. The van der Waals surface area contributed by atoms with Gasteiger partial charge in [0.1, 0.15) is 6.04 Å². The second kappa shape index (κ2) is 9.39. The third kappa shape index (κ3) is 5.45. The molecule has 0 radical (unpaired) electrons. The van der Waals surface area contributed by atoms with E-state index in [1.54, 1.807) is 47.3 Å². The highest BCUT2D eigenvalue weighted by molar-refractivity contribution is 6.30. The number of benzene rings is 2. The third-order valence-corrected chi connectivity index (χ3v) is 4.72. The smallest absolute Gasteiger partial charge is 0.251 e. The fourth-order valence-corrected chi connectivity index (χ4v) is 2.96. The normalized spacial score (nSPS) is 11.9. The average Bonchev–Trinajstić information content (AvgIpc) is 3.20. The number of hydrogen-bond acceptors (Lipinski definition) is 3. The average molecular weight is 411 g/mol. The van der Waals surface area contributed by atoms with Crippen molar-refractivity contribution in [2.24, 2.45) is 5.92 Å². The molecule has 3 aromatic rings. The molecule has 0 saturated carbocycles. The predicted octanol–water partition coefficient (Wildman–Crippen LogP) is 3.60. The van der Waals surface area contributed by atoms with Crippen LogP contribution in [0.25, 0.3) is 5.69 Å². The van der Waals surface area contributed by atoms with Crippen molar-refractivity contribution in [3.63, 3.8) is 0 Å². The van der Waals surface area contributed by atoms with E-state index in [-0.39, 0.29) is 17.7 Å². The molecular weight excluding hydrogens is 388 g/mol. The molecule has 1 atom stereocenters. The lowest BCUT2D eigenvalue weighted by atomic mass is 10.0. The lowest BCUT2D eigenvalue weighted by Gasteiger charge is -2.21. The molecule has 0 aliphatic rings. The van der Waals surface area contributed by atoms with Gasteiger partial charge in [0.2, 0.25) is 5.91 Å². The third-order valence-electron chi connectivity index (χ3n) is 4.47. The lowest BCUT2D eigenvalue weighted by Crippen LogP contribution is -2.49. The van der Waals surface area contributed by atoms with Gasteiger partial charge >= 0.3 is 0 Å². The summed E-state index contributed by atoms with van der Waals surface area (Å²) in [6.07, 6.45) is 3.54. The number of aromatic nitrogens is 2. The van der Waals surface area contributed by atoms with E-state index in [1.165, 1.54) is 0 Å². The van der Waals surface area contributed by atoms with Gasteiger partial charge < -0.3 is 10.6 Å². The Balaban J connectivity index is 1.60. The highest BCUT2D eigenvalue weighted by atomic mass is 35.5. The molecule has 1 unspecified atom stereocenters. The molecule has 0 aliphatic carbocycles. The first-order chi connectivity index (χ1) is 13.9. The van der Waals surface area contributed by atoms with Crippen LogP contribution in [0.15, 0.2) is 67.0 Å². The fourth-order valence-electron chi connectivity index (χ4n) is 2.83. The van der Waals surface area contributed by atoms with Gasteiger partial charge in [0.05, 0.1) is 11.9 Å². The van der Waals surface area contributed by atoms with Gasteiger partial charge in [-0.3, -0.25) is 9.59 Å². The van der Waals surface area contributed by atoms with Crippen molar-refractivity contribution in [2.45, 2.75) is 26.4 Å². The zero-order chi connectivity index (χ0) is 20.8. The van der Waals surface area contributed by atoms with Crippen molar-refractivity contribution in [3.8, 4) is 5.69 Å². The maximum Gasteiger partial charge on any atom is 0.251 e. The van der Waals surface area contributed by atoms with E-state index < -0.39 is 6.04 Å². The Kier molecular flexibility index (Phi) is 6.67. The summed E-state index contributed by atoms with van der Waals surface area (Å²) < 4.78 is 1.72. The van der Waals surface area contributed by atoms with Crippen LogP contribution in [0.1, 0.15) is 29.8 Å². The maximum absolute atomic E-state index is 12.7. The summed E-state index contributed by atoms with van der Waals surface area (Å²) in [5.74, 6) is -0.557.